The average molecular weight is 235 g/mol. The van der Waals surface area contributed by atoms with Crippen molar-refractivity contribution in [3.63, 3.8) is 0 Å². The second kappa shape index (κ2) is 5.01. The monoisotopic (exact) mass is 235 g/mol. The molecule has 0 aliphatic heterocycles. The number of aromatic nitrogens is 1. The fourth-order valence-electron chi connectivity index (χ4n) is 1.00. The molecule has 0 saturated heterocycles. The quantitative estimate of drug-likeness (QED) is 0.846. The van der Waals surface area contributed by atoms with Gasteiger partial charge in [0.2, 0.25) is 5.91 Å². The number of nitrogen functional groups attached to an aromatic ring is 1. The number of carbonyl (C=O) groups excluding carboxylic acids is 1. The molecule has 1 aromatic rings. The van der Waals surface area contributed by atoms with Crippen LogP contribution in [-0.2, 0) is 11.2 Å². The maximum absolute atomic E-state index is 12.0. The summed E-state index contributed by atoms with van der Waals surface area (Å²) in [4.78, 5) is 16.2. The van der Waals surface area contributed by atoms with E-state index >= 15 is 0 Å². The summed E-state index contributed by atoms with van der Waals surface area (Å²) >= 11 is 1.22. The number of carbonyl (C=O) groups is 1. The summed E-state index contributed by atoms with van der Waals surface area (Å²) in [5.74, 6) is -0.388. The van der Waals surface area contributed by atoms with Crippen LogP contribution in [0.1, 0.15) is 5.69 Å². The molecular weight excluding hydrogens is 224 g/mol. The number of likely N-dealkylation sites (N-methyl/N-ethyl adjacent to an activating group) is 1. The summed E-state index contributed by atoms with van der Waals surface area (Å²) in [6.45, 7) is -0.557. The van der Waals surface area contributed by atoms with Crippen LogP contribution >= 0.6 is 11.3 Å². The SMILES string of the molecule is CN(CC(F)F)C(=O)Cc1csc(N)n1. The Balaban J connectivity index is 2.48. The lowest BCUT2D eigenvalue weighted by molar-refractivity contribution is -0.130. The highest BCUT2D eigenvalue weighted by Crippen LogP contribution is 2.12. The van der Waals surface area contributed by atoms with Gasteiger partial charge in [-0.05, 0) is 0 Å². The second-order valence-corrected chi connectivity index (χ2v) is 3.91. The summed E-state index contributed by atoms with van der Waals surface area (Å²) in [6, 6.07) is 0. The summed E-state index contributed by atoms with van der Waals surface area (Å²) in [6.07, 6.45) is -2.50. The number of amides is 1. The van der Waals surface area contributed by atoms with Gasteiger partial charge in [0.15, 0.2) is 5.13 Å². The first kappa shape index (κ1) is 11.8. The van der Waals surface area contributed by atoms with Gasteiger partial charge in [-0.2, -0.15) is 0 Å². The predicted molar refractivity (Wildman–Crippen MR) is 53.9 cm³/mol. The molecule has 4 nitrogen and oxygen atoms in total. The van der Waals surface area contributed by atoms with E-state index in [1.54, 1.807) is 5.38 Å². The van der Waals surface area contributed by atoms with Crippen molar-refractivity contribution in [2.24, 2.45) is 0 Å². The lowest BCUT2D eigenvalue weighted by atomic mass is 10.3. The highest BCUT2D eigenvalue weighted by molar-refractivity contribution is 7.13. The third-order valence-corrected chi connectivity index (χ3v) is 2.46. The van der Waals surface area contributed by atoms with Crippen molar-refractivity contribution in [2.75, 3.05) is 19.3 Å². The van der Waals surface area contributed by atoms with Crippen LogP contribution in [0, 0.1) is 0 Å². The highest BCUT2D eigenvalue weighted by atomic mass is 32.1. The highest BCUT2D eigenvalue weighted by Gasteiger charge is 2.15. The van der Waals surface area contributed by atoms with Crippen molar-refractivity contribution >= 4 is 22.4 Å². The lowest BCUT2D eigenvalue weighted by Crippen LogP contribution is -2.32. The molecule has 0 fully saturated rings. The molecule has 1 amide bonds. The van der Waals surface area contributed by atoms with Crippen molar-refractivity contribution in [1.82, 2.24) is 9.88 Å². The van der Waals surface area contributed by atoms with E-state index in [0.717, 1.165) is 4.90 Å². The van der Waals surface area contributed by atoms with Crippen LogP contribution in [0.25, 0.3) is 0 Å². The van der Waals surface area contributed by atoms with E-state index in [1.807, 2.05) is 0 Å². The Morgan fingerprint density at radius 3 is 2.87 bits per heavy atom. The molecule has 1 aromatic heterocycles. The van der Waals surface area contributed by atoms with E-state index in [2.05, 4.69) is 4.98 Å². The lowest BCUT2D eigenvalue weighted by Gasteiger charge is -2.15. The van der Waals surface area contributed by atoms with Crippen LogP contribution in [-0.4, -0.2) is 35.8 Å². The summed E-state index contributed by atoms with van der Waals surface area (Å²) in [5, 5.41) is 2.01. The number of hydrogen-bond acceptors (Lipinski definition) is 4. The number of anilines is 1. The molecule has 84 valence electrons. The largest absolute Gasteiger partial charge is 0.375 e. The number of nitrogens with zero attached hydrogens (tertiary/aromatic N) is 2. The number of rotatable bonds is 4. The predicted octanol–water partition coefficient (Wildman–Crippen LogP) is 0.991. The van der Waals surface area contributed by atoms with Crippen LogP contribution in [0.5, 0.6) is 0 Å². The first-order valence-electron chi connectivity index (χ1n) is 4.21. The van der Waals surface area contributed by atoms with Gasteiger partial charge in [-0.3, -0.25) is 4.79 Å². The molecule has 0 unspecified atom stereocenters. The molecule has 0 radical (unpaired) electrons. The van der Waals surface area contributed by atoms with Crippen molar-refractivity contribution < 1.29 is 13.6 Å². The van der Waals surface area contributed by atoms with E-state index in [9.17, 15) is 13.6 Å². The molecule has 0 aliphatic rings. The molecular formula is C8H11F2N3OS. The maximum atomic E-state index is 12.0. The molecule has 0 bridgehead atoms. The summed E-state index contributed by atoms with van der Waals surface area (Å²) in [5.41, 5.74) is 5.89. The van der Waals surface area contributed by atoms with Gasteiger partial charge in [0.25, 0.3) is 6.43 Å². The van der Waals surface area contributed by atoms with E-state index < -0.39 is 13.0 Å². The van der Waals surface area contributed by atoms with E-state index in [-0.39, 0.29) is 12.3 Å². The Hall–Kier alpha value is -1.24. The van der Waals surface area contributed by atoms with Crippen molar-refractivity contribution in [3.05, 3.63) is 11.1 Å². The maximum Gasteiger partial charge on any atom is 0.255 e. The van der Waals surface area contributed by atoms with Gasteiger partial charge < -0.3 is 10.6 Å². The molecule has 15 heavy (non-hydrogen) atoms. The molecule has 0 aromatic carbocycles. The van der Waals surface area contributed by atoms with Crippen LogP contribution in [0.3, 0.4) is 0 Å². The zero-order valence-corrected chi connectivity index (χ0v) is 8.93. The fraction of sp³-hybridized carbons (Fsp3) is 0.500. The number of thiazole rings is 1. The van der Waals surface area contributed by atoms with Crippen LogP contribution in [0.4, 0.5) is 13.9 Å². The summed E-state index contributed by atoms with van der Waals surface area (Å²) in [7, 11) is 1.34. The van der Waals surface area contributed by atoms with Crippen molar-refractivity contribution in [1.29, 1.82) is 0 Å². The molecule has 1 heterocycles. The van der Waals surface area contributed by atoms with Gasteiger partial charge >= 0.3 is 0 Å². The van der Waals surface area contributed by atoms with Gasteiger partial charge in [-0.1, -0.05) is 0 Å². The Morgan fingerprint density at radius 2 is 2.40 bits per heavy atom. The first-order chi connectivity index (χ1) is 6.99. The third kappa shape index (κ3) is 3.78. The minimum absolute atomic E-state index is 0.0108. The van der Waals surface area contributed by atoms with E-state index in [1.165, 1.54) is 18.4 Å². The molecule has 0 aliphatic carbocycles. The Labute approximate surface area is 89.7 Å². The Morgan fingerprint density at radius 1 is 1.73 bits per heavy atom. The molecule has 1 rings (SSSR count). The third-order valence-electron chi connectivity index (χ3n) is 1.74. The summed E-state index contributed by atoms with van der Waals surface area (Å²) < 4.78 is 23.9. The molecule has 0 atom stereocenters. The number of nitrogens with two attached hydrogens (primary N) is 1. The van der Waals surface area contributed by atoms with Crippen molar-refractivity contribution in [2.45, 2.75) is 12.8 Å². The number of alkyl halides is 2. The first-order valence-corrected chi connectivity index (χ1v) is 5.09. The number of hydrogen-bond donors (Lipinski definition) is 1. The fourth-order valence-corrected chi connectivity index (χ4v) is 1.57. The molecule has 2 N–H and O–H groups in total. The Bertz CT molecular complexity index is 342. The molecule has 7 heteroatoms. The normalized spacial score (nSPS) is 10.7. The average Bonchev–Trinajstić information content (AvgIpc) is 2.50. The standard InChI is InChI=1S/C8H11F2N3OS/c1-13(3-6(9)10)7(14)2-5-4-15-8(11)12-5/h4,6H,2-3H2,1H3,(H2,11,12). The van der Waals surface area contributed by atoms with Crippen LogP contribution < -0.4 is 5.73 Å². The van der Waals surface area contributed by atoms with Gasteiger partial charge in [0, 0.05) is 12.4 Å². The number of halogens is 2. The van der Waals surface area contributed by atoms with E-state index in [4.69, 9.17) is 5.73 Å². The van der Waals surface area contributed by atoms with Crippen molar-refractivity contribution in [3.8, 4) is 0 Å². The van der Waals surface area contributed by atoms with Gasteiger partial charge in [0.1, 0.15) is 0 Å². The van der Waals surface area contributed by atoms with Gasteiger partial charge in [-0.25, -0.2) is 13.8 Å². The van der Waals surface area contributed by atoms with Crippen LogP contribution in [0.2, 0.25) is 0 Å². The zero-order chi connectivity index (χ0) is 11.4. The Kier molecular flexibility index (Phi) is 3.96. The van der Waals surface area contributed by atoms with Gasteiger partial charge in [0.05, 0.1) is 18.7 Å². The van der Waals surface area contributed by atoms with Gasteiger partial charge in [-0.15, -0.1) is 11.3 Å². The minimum Gasteiger partial charge on any atom is -0.375 e. The minimum atomic E-state index is -2.51. The molecule has 0 saturated carbocycles. The topological polar surface area (TPSA) is 59.2 Å². The smallest absolute Gasteiger partial charge is 0.255 e. The zero-order valence-electron chi connectivity index (χ0n) is 8.11. The molecule has 0 spiro atoms. The van der Waals surface area contributed by atoms with Crippen LogP contribution in [0.15, 0.2) is 5.38 Å². The van der Waals surface area contributed by atoms with E-state index in [0.29, 0.717) is 10.8 Å². The second-order valence-electron chi connectivity index (χ2n) is 3.02.